The predicted octanol–water partition coefficient (Wildman–Crippen LogP) is 4.19. The van der Waals surface area contributed by atoms with Crippen LogP contribution in [0.1, 0.15) is 0 Å². The maximum atomic E-state index is 5.98. The first-order valence-corrected chi connectivity index (χ1v) is 9.26. The van der Waals surface area contributed by atoms with Crippen molar-refractivity contribution in [2.75, 3.05) is 12.3 Å². The summed E-state index contributed by atoms with van der Waals surface area (Å²) in [6, 6.07) is 13.8. The molecule has 0 fully saturated rings. The highest BCUT2D eigenvalue weighted by atomic mass is 32.2. The number of hydrogen-bond acceptors (Lipinski definition) is 8. The van der Waals surface area contributed by atoms with E-state index in [0.717, 1.165) is 27.9 Å². The van der Waals surface area contributed by atoms with Gasteiger partial charge in [0.25, 0.3) is 0 Å². The van der Waals surface area contributed by atoms with E-state index in [9.17, 15) is 0 Å². The minimum absolute atomic E-state index is 0.549. The van der Waals surface area contributed by atoms with Crippen molar-refractivity contribution in [3.8, 4) is 22.9 Å². The number of thioether (sulfide) groups is 1. The van der Waals surface area contributed by atoms with E-state index in [1.54, 1.807) is 6.20 Å². The van der Waals surface area contributed by atoms with Crippen LogP contribution < -0.4 is 0 Å². The minimum atomic E-state index is 0.549. The smallest absolute Gasteiger partial charge is 0.209 e. The third kappa shape index (κ3) is 3.24. The molecule has 1 aliphatic heterocycles. The molecule has 0 bridgehead atoms. The number of nitrogens with one attached hydrogen (secondary N) is 1. The molecule has 3 aromatic heterocycles. The Morgan fingerprint density at radius 1 is 1.11 bits per heavy atom. The lowest BCUT2D eigenvalue weighted by molar-refractivity contribution is 0.592. The summed E-state index contributed by atoms with van der Waals surface area (Å²) in [4.78, 5) is 8.82. The summed E-state index contributed by atoms with van der Waals surface area (Å²) in [5, 5.41) is 20.2. The van der Waals surface area contributed by atoms with Crippen LogP contribution in [0.25, 0.3) is 33.8 Å². The van der Waals surface area contributed by atoms with Gasteiger partial charge < -0.3 is 4.42 Å². The highest BCUT2D eigenvalue weighted by molar-refractivity contribution is 7.99. The van der Waals surface area contributed by atoms with Crippen molar-refractivity contribution >= 4 is 28.4 Å². The van der Waals surface area contributed by atoms with E-state index < -0.39 is 0 Å². The fourth-order valence-electron chi connectivity index (χ4n) is 2.73. The van der Waals surface area contributed by atoms with E-state index in [4.69, 9.17) is 4.42 Å². The van der Waals surface area contributed by atoms with Crippen LogP contribution in [0.3, 0.4) is 0 Å². The zero-order valence-electron chi connectivity index (χ0n) is 14.0. The molecule has 4 heterocycles. The average molecular weight is 375 g/mol. The molecule has 132 valence electrons. The number of nitrogens with zero attached hydrogens (tertiary/aromatic N) is 6. The number of aromatic amines is 1. The van der Waals surface area contributed by atoms with Crippen molar-refractivity contribution in [2.24, 2.45) is 15.4 Å². The van der Waals surface area contributed by atoms with Gasteiger partial charge in [-0.05, 0) is 41.6 Å². The Bertz CT molecular complexity index is 1180. The van der Waals surface area contributed by atoms with Gasteiger partial charge in [-0.25, -0.2) is 0 Å². The molecule has 1 aromatic carbocycles. The van der Waals surface area contributed by atoms with Crippen molar-refractivity contribution in [1.29, 1.82) is 0 Å². The lowest BCUT2D eigenvalue weighted by atomic mass is 10.1. The number of rotatable bonds is 5. The van der Waals surface area contributed by atoms with Gasteiger partial charge in [0, 0.05) is 22.9 Å². The van der Waals surface area contributed by atoms with Crippen LogP contribution in [0.4, 0.5) is 0 Å². The Labute approximate surface area is 157 Å². The normalized spacial score (nSPS) is 13.4. The highest BCUT2D eigenvalue weighted by Gasteiger charge is 2.13. The molecule has 8 nitrogen and oxygen atoms in total. The lowest BCUT2D eigenvalue weighted by Gasteiger charge is -2.00. The topological polar surface area (TPSA) is 105 Å². The van der Waals surface area contributed by atoms with E-state index in [0.29, 0.717) is 29.0 Å². The van der Waals surface area contributed by atoms with Crippen LogP contribution in [0.5, 0.6) is 0 Å². The van der Waals surface area contributed by atoms with E-state index in [-0.39, 0.29) is 0 Å². The number of aromatic nitrogens is 4. The SMILES string of the molecule is c1cnc2ccc(-c3ccc(-c4nc(SCC5=NN=NC5)n[nH]4)o3)cc2c1. The van der Waals surface area contributed by atoms with Crippen LogP contribution in [-0.2, 0) is 0 Å². The second-order valence-corrected chi connectivity index (χ2v) is 6.83. The van der Waals surface area contributed by atoms with Crippen molar-refractivity contribution in [3.05, 3.63) is 48.7 Å². The van der Waals surface area contributed by atoms with E-state index in [1.165, 1.54) is 11.8 Å². The maximum absolute atomic E-state index is 5.98. The van der Waals surface area contributed by atoms with Gasteiger partial charge in [0.1, 0.15) is 12.3 Å². The Morgan fingerprint density at radius 2 is 2.07 bits per heavy atom. The van der Waals surface area contributed by atoms with Crippen LogP contribution in [0, 0.1) is 0 Å². The molecule has 0 spiro atoms. The second-order valence-electron chi connectivity index (χ2n) is 5.89. The zero-order valence-corrected chi connectivity index (χ0v) is 14.8. The summed E-state index contributed by atoms with van der Waals surface area (Å²) in [5.74, 6) is 2.66. The first-order valence-electron chi connectivity index (χ1n) is 8.28. The summed E-state index contributed by atoms with van der Waals surface area (Å²) in [6.07, 6.45) is 1.79. The molecule has 0 unspecified atom stereocenters. The molecule has 5 rings (SSSR count). The molecule has 0 aliphatic carbocycles. The fourth-order valence-corrected chi connectivity index (χ4v) is 3.44. The number of fused-ring (bicyclic) bond motifs is 1. The lowest BCUT2D eigenvalue weighted by Crippen LogP contribution is -2.02. The Balaban J connectivity index is 1.35. The molecule has 27 heavy (non-hydrogen) atoms. The van der Waals surface area contributed by atoms with Gasteiger partial charge in [0.2, 0.25) is 5.16 Å². The van der Waals surface area contributed by atoms with Crippen LogP contribution >= 0.6 is 11.8 Å². The van der Waals surface area contributed by atoms with Gasteiger partial charge in [-0.2, -0.15) is 10.1 Å². The highest BCUT2D eigenvalue weighted by Crippen LogP contribution is 2.29. The van der Waals surface area contributed by atoms with Crippen molar-refractivity contribution in [1.82, 2.24) is 20.2 Å². The van der Waals surface area contributed by atoms with E-state index in [2.05, 4.69) is 41.7 Å². The van der Waals surface area contributed by atoms with Crippen LogP contribution in [0.15, 0.2) is 73.7 Å². The van der Waals surface area contributed by atoms with Gasteiger partial charge in [-0.1, -0.05) is 17.8 Å². The second kappa shape index (κ2) is 6.76. The van der Waals surface area contributed by atoms with Gasteiger partial charge in [0.15, 0.2) is 11.6 Å². The fraction of sp³-hybridized carbons (Fsp3) is 0.111. The number of furan rings is 1. The van der Waals surface area contributed by atoms with Crippen molar-refractivity contribution in [2.45, 2.75) is 5.16 Å². The Morgan fingerprint density at radius 3 is 3.00 bits per heavy atom. The average Bonchev–Trinajstić information content (AvgIpc) is 3.47. The predicted molar refractivity (Wildman–Crippen MR) is 103 cm³/mol. The quantitative estimate of drug-likeness (QED) is 0.527. The van der Waals surface area contributed by atoms with Gasteiger partial charge in [-0.3, -0.25) is 10.1 Å². The molecule has 0 saturated heterocycles. The molecule has 0 radical (unpaired) electrons. The van der Waals surface area contributed by atoms with E-state index >= 15 is 0 Å². The summed E-state index contributed by atoms with van der Waals surface area (Å²) < 4.78 is 5.98. The minimum Gasteiger partial charge on any atom is -0.453 e. The van der Waals surface area contributed by atoms with Gasteiger partial charge in [-0.15, -0.1) is 10.2 Å². The number of pyridine rings is 1. The van der Waals surface area contributed by atoms with Gasteiger partial charge >= 0.3 is 0 Å². The van der Waals surface area contributed by atoms with Crippen LogP contribution in [0.2, 0.25) is 0 Å². The Hall–Kier alpha value is -3.33. The van der Waals surface area contributed by atoms with E-state index in [1.807, 2.05) is 36.4 Å². The number of benzene rings is 1. The molecular weight excluding hydrogens is 362 g/mol. The van der Waals surface area contributed by atoms with Crippen LogP contribution in [-0.4, -0.2) is 38.2 Å². The molecule has 1 aliphatic rings. The number of H-pyrrole nitrogens is 1. The third-order valence-corrected chi connectivity index (χ3v) is 4.98. The first-order chi connectivity index (χ1) is 13.3. The summed E-state index contributed by atoms with van der Waals surface area (Å²) in [7, 11) is 0. The molecule has 0 atom stereocenters. The standard InChI is InChI=1S/C18H13N7OS/c1-2-11-8-12(3-4-14(11)19-7-1)15-5-6-16(26-15)17-21-18(24-23-17)27-10-13-9-20-25-22-13/h1-8H,9-10H2,(H,21,23,24). The third-order valence-electron chi connectivity index (χ3n) is 4.06. The molecule has 0 saturated carbocycles. The zero-order chi connectivity index (χ0) is 18.1. The Kier molecular flexibility index (Phi) is 3.98. The van der Waals surface area contributed by atoms with Crippen molar-refractivity contribution in [3.63, 3.8) is 0 Å². The molecular formula is C18H13N7OS. The number of hydrogen-bond donors (Lipinski definition) is 1. The largest absolute Gasteiger partial charge is 0.453 e. The van der Waals surface area contributed by atoms with Gasteiger partial charge in [0.05, 0.1) is 11.2 Å². The summed E-state index contributed by atoms with van der Waals surface area (Å²) in [6.45, 7) is 0.549. The molecule has 0 amide bonds. The van der Waals surface area contributed by atoms with Crippen molar-refractivity contribution < 1.29 is 4.42 Å². The monoisotopic (exact) mass is 375 g/mol. The maximum Gasteiger partial charge on any atom is 0.209 e. The summed E-state index contributed by atoms with van der Waals surface area (Å²) in [5.41, 5.74) is 2.86. The molecule has 9 heteroatoms. The molecule has 1 N–H and O–H groups in total. The molecule has 4 aromatic rings. The summed E-state index contributed by atoms with van der Waals surface area (Å²) >= 11 is 1.48. The first kappa shape index (κ1) is 15.9.